The molecular formula is C27H24BrFN6O3. The fraction of sp³-hybridized carbons (Fsp3) is 0.259. The number of rotatable bonds is 6. The quantitative estimate of drug-likeness (QED) is 0.271. The van der Waals surface area contributed by atoms with Gasteiger partial charge in [-0.3, -0.25) is 14.4 Å². The van der Waals surface area contributed by atoms with Crippen LogP contribution in [0.5, 0.6) is 0 Å². The Bertz CT molecular complexity index is 1550. The number of likely N-dealkylation sites (tertiary alicyclic amines) is 1. The van der Waals surface area contributed by atoms with E-state index in [0.29, 0.717) is 33.0 Å². The molecule has 2 amide bonds. The zero-order valence-corrected chi connectivity index (χ0v) is 22.3. The van der Waals surface area contributed by atoms with Crippen molar-refractivity contribution >= 4 is 44.9 Å². The number of ketones is 1. The number of carbonyl (C=O) groups is 3. The van der Waals surface area contributed by atoms with Gasteiger partial charge >= 0.3 is 0 Å². The van der Waals surface area contributed by atoms with Gasteiger partial charge in [0, 0.05) is 41.8 Å². The molecule has 2 atom stereocenters. The van der Waals surface area contributed by atoms with E-state index in [-0.39, 0.29) is 25.2 Å². The fourth-order valence-electron chi connectivity index (χ4n) is 4.66. The van der Waals surface area contributed by atoms with Crippen molar-refractivity contribution in [3.63, 3.8) is 0 Å². The van der Waals surface area contributed by atoms with Crippen LogP contribution in [-0.2, 0) is 16.0 Å². The average Bonchev–Trinajstić information content (AvgIpc) is 3.45. The normalized spacial score (nSPS) is 17.1. The molecule has 38 heavy (non-hydrogen) atoms. The highest BCUT2D eigenvalue weighted by Crippen LogP contribution is 2.27. The van der Waals surface area contributed by atoms with Gasteiger partial charge in [0.15, 0.2) is 5.78 Å². The highest BCUT2D eigenvalue weighted by molar-refractivity contribution is 9.10. The molecule has 4 aromatic heterocycles. The molecule has 1 aliphatic rings. The Labute approximate surface area is 226 Å². The number of aryl methyl sites for hydroxylation is 1. The zero-order valence-electron chi connectivity index (χ0n) is 20.7. The van der Waals surface area contributed by atoms with Gasteiger partial charge in [-0.25, -0.2) is 19.3 Å². The van der Waals surface area contributed by atoms with Crippen LogP contribution in [-0.4, -0.2) is 60.6 Å². The predicted octanol–water partition coefficient (Wildman–Crippen LogP) is 4.19. The zero-order chi connectivity index (χ0) is 27.0. The van der Waals surface area contributed by atoms with Gasteiger partial charge in [-0.1, -0.05) is 6.07 Å². The number of hydrogen-bond donors (Lipinski definition) is 1. The Morgan fingerprint density at radius 1 is 1.13 bits per heavy atom. The molecule has 5 rings (SSSR count). The summed E-state index contributed by atoms with van der Waals surface area (Å²) in [7, 11) is 0. The number of amides is 2. The van der Waals surface area contributed by atoms with Crippen LogP contribution in [0.15, 0.2) is 59.6 Å². The second-order valence-electron chi connectivity index (χ2n) is 9.20. The molecule has 1 fully saturated rings. The Hall–Kier alpha value is -3.99. The van der Waals surface area contributed by atoms with Crippen LogP contribution in [0.2, 0.25) is 0 Å². The van der Waals surface area contributed by atoms with Gasteiger partial charge in [0.25, 0.3) is 0 Å². The average molecular weight is 579 g/mol. The van der Waals surface area contributed by atoms with Gasteiger partial charge in [-0.05, 0) is 65.7 Å². The van der Waals surface area contributed by atoms with Crippen LogP contribution >= 0.6 is 15.9 Å². The molecule has 0 saturated carbocycles. The van der Waals surface area contributed by atoms with Crippen molar-refractivity contribution in [3.8, 4) is 11.1 Å². The number of Topliss-reactive ketones (excluding diaryl/α,β-unsaturated/α-hetero) is 1. The highest BCUT2D eigenvalue weighted by atomic mass is 79.9. The van der Waals surface area contributed by atoms with Crippen molar-refractivity contribution in [1.29, 1.82) is 0 Å². The van der Waals surface area contributed by atoms with Gasteiger partial charge in [0.2, 0.25) is 11.8 Å². The molecule has 1 aliphatic heterocycles. The number of aromatic nitrogens is 4. The van der Waals surface area contributed by atoms with Gasteiger partial charge in [0.05, 0.1) is 18.5 Å². The first-order valence-corrected chi connectivity index (χ1v) is 12.8. The Kier molecular flexibility index (Phi) is 7.02. The summed E-state index contributed by atoms with van der Waals surface area (Å²) in [5.74, 6) is -0.101. The molecule has 0 aliphatic carbocycles. The summed E-state index contributed by atoms with van der Waals surface area (Å²) in [4.78, 5) is 52.7. The van der Waals surface area contributed by atoms with Crippen LogP contribution in [0.25, 0.3) is 16.6 Å². The molecule has 9 nitrogen and oxygen atoms in total. The van der Waals surface area contributed by atoms with Crippen molar-refractivity contribution in [2.24, 2.45) is 0 Å². The first-order valence-electron chi connectivity index (χ1n) is 12.0. The summed E-state index contributed by atoms with van der Waals surface area (Å²) in [6, 6.07) is 9.46. The number of nitrogens with one attached hydrogen (secondary N) is 1. The van der Waals surface area contributed by atoms with Crippen molar-refractivity contribution in [2.45, 2.75) is 38.9 Å². The lowest BCUT2D eigenvalue weighted by Gasteiger charge is -2.23. The van der Waals surface area contributed by atoms with Crippen LogP contribution in [0.3, 0.4) is 0 Å². The standard InChI is InChI=1S/C27H24BrFN6O3/c1-15(36)21-10-20(34-7-6-17(8-22(21)34)18-12-30-16(2)31-13-18)11-26(37)35-14-19(29)9-23(35)27(38)33-25-5-3-4-24(28)32-25/h3-8,10,12-13,19,23H,9,11,14H2,1-2H3,(H,32,33,38)/t19-,23+/m1/s1. The summed E-state index contributed by atoms with van der Waals surface area (Å²) < 4.78 is 16.7. The van der Waals surface area contributed by atoms with E-state index in [1.807, 2.05) is 12.1 Å². The van der Waals surface area contributed by atoms with Crippen molar-refractivity contribution < 1.29 is 18.8 Å². The van der Waals surface area contributed by atoms with E-state index >= 15 is 0 Å². The molecule has 0 bridgehead atoms. The fourth-order valence-corrected chi connectivity index (χ4v) is 5.00. The number of anilines is 1. The van der Waals surface area contributed by atoms with Gasteiger partial charge < -0.3 is 14.6 Å². The maximum Gasteiger partial charge on any atom is 0.248 e. The molecule has 0 unspecified atom stereocenters. The van der Waals surface area contributed by atoms with E-state index in [4.69, 9.17) is 0 Å². The summed E-state index contributed by atoms with van der Waals surface area (Å²) in [6.45, 7) is 3.09. The number of alkyl halides is 1. The van der Waals surface area contributed by atoms with Crippen molar-refractivity contribution in [1.82, 2.24) is 24.3 Å². The lowest BCUT2D eigenvalue weighted by atomic mass is 10.1. The topological polar surface area (TPSA) is 110 Å². The number of fused-ring (bicyclic) bond motifs is 1. The number of hydrogen-bond acceptors (Lipinski definition) is 6. The third-order valence-electron chi connectivity index (χ3n) is 6.52. The molecule has 11 heteroatoms. The van der Waals surface area contributed by atoms with E-state index in [1.165, 1.54) is 11.8 Å². The lowest BCUT2D eigenvalue weighted by Crippen LogP contribution is -2.44. The maximum atomic E-state index is 14.4. The van der Waals surface area contributed by atoms with Gasteiger partial charge in [-0.15, -0.1) is 0 Å². The maximum absolute atomic E-state index is 14.4. The van der Waals surface area contributed by atoms with Crippen molar-refractivity contribution in [3.05, 3.63) is 76.7 Å². The molecule has 5 heterocycles. The van der Waals surface area contributed by atoms with Crippen LogP contribution in [0.4, 0.5) is 10.2 Å². The lowest BCUT2D eigenvalue weighted by molar-refractivity contribution is -0.136. The number of nitrogens with zero attached hydrogens (tertiary/aromatic N) is 5. The summed E-state index contributed by atoms with van der Waals surface area (Å²) in [5, 5.41) is 2.67. The molecule has 194 valence electrons. The highest BCUT2D eigenvalue weighted by Gasteiger charge is 2.40. The minimum atomic E-state index is -1.32. The van der Waals surface area contributed by atoms with Gasteiger partial charge in [0.1, 0.15) is 28.5 Å². The molecule has 0 spiro atoms. The first-order chi connectivity index (χ1) is 18.2. The van der Waals surface area contributed by atoms with Crippen LogP contribution in [0, 0.1) is 6.92 Å². The second kappa shape index (κ2) is 10.4. The molecular weight excluding hydrogens is 555 g/mol. The smallest absolute Gasteiger partial charge is 0.248 e. The number of halogens is 2. The largest absolute Gasteiger partial charge is 0.327 e. The molecule has 4 aromatic rings. The number of carbonyl (C=O) groups excluding carboxylic acids is 3. The molecule has 0 aromatic carbocycles. The van der Waals surface area contributed by atoms with Gasteiger partial charge in [-0.2, -0.15) is 0 Å². The third kappa shape index (κ3) is 5.19. The SMILES string of the molecule is CC(=O)c1cc(CC(=O)N2C[C@H](F)C[C@H]2C(=O)Nc2cccc(Br)n2)n2ccc(-c3cnc(C)nc3)cc12. The Morgan fingerprint density at radius 2 is 1.89 bits per heavy atom. The van der Waals surface area contributed by atoms with Crippen LogP contribution in [0.1, 0.15) is 35.2 Å². The van der Waals surface area contributed by atoms with E-state index in [9.17, 15) is 18.8 Å². The van der Waals surface area contributed by atoms with Crippen molar-refractivity contribution in [2.75, 3.05) is 11.9 Å². The third-order valence-corrected chi connectivity index (χ3v) is 6.96. The first kappa shape index (κ1) is 25.7. The van der Waals surface area contributed by atoms with E-state index in [0.717, 1.165) is 11.1 Å². The summed E-state index contributed by atoms with van der Waals surface area (Å²) in [6.07, 6.45) is 3.69. The molecule has 1 saturated heterocycles. The minimum Gasteiger partial charge on any atom is -0.327 e. The summed E-state index contributed by atoms with van der Waals surface area (Å²) >= 11 is 3.25. The van der Waals surface area contributed by atoms with E-state index in [1.54, 1.807) is 54.2 Å². The predicted molar refractivity (Wildman–Crippen MR) is 142 cm³/mol. The Balaban J connectivity index is 1.41. The second-order valence-corrected chi connectivity index (χ2v) is 10.0. The monoisotopic (exact) mass is 578 g/mol. The summed E-state index contributed by atoms with van der Waals surface area (Å²) in [5.41, 5.74) is 3.29. The molecule has 0 radical (unpaired) electrons. The minimum absolute atomic E-state index is 0.0961. The van der Waals surface area contributed by atoms with E-state index < -0.39 is 24.0 Å². The van der Waals surface area contributed by atoms with Crippen LogP contribution < -0.4 is 5.32 Å². The molecule has 1 N–H and O–H groups in total. The Morgan fingerprint density at radius 3 is 2.61 bits per heavy atom. The van der Waals surface area contributed by atoms with E-state index in [2.05, 4.69) is 36.2 Å². The number of pyridine rings is 2.